The molecule has 0 aromatic heterocycles. The molecule has 3 aromatic rings. The molecule has 14 heteroatoms. The number of rotatable bonds is 3. The number of phenolic OH excluding ortho intramolecular Hbond substituents is 2. The third-order valence-electron chi connectivity index (χ3n) is 12.2. The summed E-state index contributed by atoms with van der Waals surface area (Å²) in [4.78, 5) is 18.8. The number of hydrogen-bond donors (Lipinski definition) is 4. The molecule has 3 aromatic carbocycles. The van der Waals surface area contributed by atoms with Gasteiger partial charge in [0.15, 0.2) is 40.0 Å². The number of nitrogens with zero attached hydrogens (tertiary/aromatic N) is 2. The van der Waals surface area contributed by atoms with Crippen molar-refractivity contribution in [2.45, 2.75) is 67.9 Å². The number of benzene rings is 3. The molecule has 4 N–H and O–H groups in total. The molecule has 7 aliphatic heterocycles. The fourth-order valence-corrected chi connectivity index (χ4v) is 11.6. The van der Waals surface area contributed by atoms with Gasteiger partial charge in [0, 0.05) is 40.6 Å². The number of esters is 1. The molecular weight excluding hydrogens is 690 g/mol. The Balaban J connectivity index is 1.29. The monoisotopic (exact) mass is 733 g/mol. The van der Waals surface area contributed by atoms with Crippen molar-refractivity contribution >= 4 is 17.7 Å². The third-order valence-corrected chi connectivity index (χ3v) is 13.7. The number of carbonyl (C=O) groups is 1. The number of aliphatic hydroxyl groups excluding tert-OH is 1. The van der Waals surface area contributed by atoms with E-state index in [1.54, 1.807) is 21.3 Å². The van der Waals surface area contributed by atoms with E-state index >= 15 is 0 Å². The molecule has 2 fully saturated rings. The second-order valence-electron chi connectivity index (χ2n) is 14.5. The van der Waals surface area contributed by atoms with Crippen molar-refractivity contribution in [3.8, 4) is 40.2 Å². The van der Waals surface area contributed by atoms with Crippen LogP contribution >= 0.6 is 11.8 Å². The summed E-state index contributed by atoms with van der Waals surface area (Å²) in [6, 6.07) is 3.81. The second-order valence-corrected chi connectivity index (χ2v) is 15.7. The molecule has 7 heterocycles. The van der Waals surface area contributed by atoms with Crippen molar-refractivity contribution in [1.82, 2.24) is 15.1 Å². The number of phenols is 2. The van der Waals surface area contributed by atoms with E-state index in [1.807, 2.05) is 44.0 Å². The predicted molar refractivity (Wildman–Crippen MR) is 190 cm³/mol. The highest BCUT2D eigenvalue weighted by Crippen LogP contribution is 2.64. The minimum atomic E-state index is -1.27. The van der Waals surface area contributed by atoms with E-state index in [0.717, 1.165) is 27.8 Å². The Bertz CT molecular complexity index is 2030. The number of aliphatic hydroxyl groups is 1. The summed E-state index contributed by atoms with van der Waals surface area (Å²) in [6.07, 6.45) is 0.153. The Labute approximate surface area is 305 Å². The fraction of sp³-hybridized carbons (Fsp3) is 0.500. The molecule has 0 saturated carbocycles. The van der Waals surface area contributed by atoms with Gasteiger partial charge in [-0.25, -0.2) is 4.79 Å². The Morgan fingerprint density at radius 3 is 2.44 bits per heavy atom. The van der Waals surface area contributed by atoms with Crippen molar-refractivity contribution in [2.75, 3.05) is 54.1 Å². The van der Waals surface area contributed by atoms with E-state index in [-0.39, 0.29) is 36.7 Å². The number of fused-ring (bicyclic) bond motifs is 9. The smallest absolute Gasteiger partial charge is 0.331 e. The van der Waals surface area contributed by atoms with Crippen LogP contribution in [0.1, 0.15) is 61.8 Å². The summed E-state index contributed by atoms with van der Waals surface area (Å²) in [5, 5.41) is 39.6. The Hall–Kier alpha value is -4.08. The number of carbonyl (C=O) groups excluding carboxylic acids is 1. The lowest BCUT2D eigenvalue weighted by atomic mass is 9.73. The average molecular weight is 734 g/mol. The van der Waals surface area contributed by atoms with Gasteiger partial charge in [0.05, 0.1) is 44.7 Å². The molecule has 276 valence electrons. The van der Waals surface area contributed by atoms with Gasteiger partial charge in [0.25, 0.3) is 0 Å². The van der Waals surface area contributed by atoms with Gasteiger partial charge in [0.2, 0.25) is 6.79 Å². The number of piperazine rings is 1. The third kappa shape index (κ3) is 4.35. The zero-order valence-electron chi connectivity index (χ0n) is 29.9. The lowest BCUT2D eigenvalue weighted by molar-refractivity contribution is -0.186. The van der Waals surface area contributed by atoms with Crippen molar-refractivity contribution in [3.05, 3.63) is 62.7 Å². The van der Waals surface area contributed by atoms with Crippen LogP contribution in [0.3, 0.4) is 0 Å². The first-order chi connectivity index (χ1) is 25.1. The van der Waals surface area contributed by atoms with E-state index in [1.165, 1.54) is 11.8 Å². The first kappa shape index (κ1) is 33.7. The molecule has 13 nitrogen and oxygen atoms in total. The van der Waals surface area contributed by atoms with Crippen LogP contribution in [0.2, 0.25) is 0 Å². The van der Waals surface area contributed by atoms with Crippen LogP contribution < -0.4 is 29.0 Å². The van der Waals surface area contributed by atoms with Crippen LogP contribution in [0.15, 0.2) is 18.2 Å². The molecule has 7 aliphatic rings. The van der Waals surface area contributed by atoms with Crippen LogP contribution in [0, 0.1) is 13.8 Å². The molecule has 0 amide bonds. The molecule has 10 rings (SSSR count). The molecule has 2 saturated heterocycles. The van der Waals surface area contributed by atoms with E-state index in [2.05, 4.69) is 10.2 Å². The normalized spacial score (nSPS) is 30.2. The van der Waals surface area contributed by atoms with Crippen LogP contribution in [0.5, 0.6) is 40.2 Å². The zero-order chi connectivity index (χ0) is 36.4. The van der Waals surface area contributed by atoms with E-state index in [9.17, 15) is 20.1 Å². The molecular formula is C38H43N3O10S. The number of hydrogen-bond acceptors (Lipinski definition) is 14. The first-order valence-corrected chi connectivity index (χ1v) is 18.6. The number of nitrogens with one attached hydrogen (secondary N) is 1. The maximum Gasteiger partial charge on any atom is 0.331 e. The summed E-state index contributed by atoms with van der Waals surface area (Å²) in [5.74, 6) is 2.33. The molecule has 0 aliphatic carbocycles. The van der Waals surface area contributed by atoms with Gasteiger partial charge in [-0.05, 0) is 68.1 Å². The van der Waals surface area contributed by atoms with Crippen molar-refractivity contribution in [3.63, 3.8) is 0 Å². The van der Waals surface area contributed by atoms with Crippen molar-refractivity contribution < 1.29 is 48.5 Å². The van der Waals surface area contributed by atoms with Crippen LogP contribution in [-0.2, 0) is 27.9 Å². The molecule has 52 heavy (non-hydrogen) atoms. The lowest BCUT2D eigenvalue weighted by Crippen LogP contribution is -2.70. The fourth-order valence-electron chi connectivity index (χ4n) is 9.88. The van der Waals surface area contributed by atoms with Gasteiger partial charge >= 0.3 is 5.97 Å². The van der Waals surface area contributed by atoms with Crippen LogP contribution in [0.25, 0.3) is 0 Å². The number of likely N-dealkylation sites (N-methyl/N-ethyl adjacent to an activating group) is 1. The molecule has 1 spiro atoms. The van der Waals surface area contributed by atoms with Crippen LogP contribution in [-0.4, -0.2) is 103 Å². The molecule has 1 unspecified atom stereocenters. The summed E-state index contributed by atoms with van der Waals surface area (Å²) in [7, 11) is 6.69. The van der Waals surface area contributed by atoms with E-state index < -0.39 is 41.1 Å². The lowest BCUT2D eigenvalue weighted by Gasteiger charge is -2.62. The number of thioether (sulfide) groups is 1. The standard InChI is InChI=1S/C38H43N3O10S/c1-16-9-19-10-21-36(44)41-22-13-49-37(45)38(20-12-24(47-5)23(46-4)11-18(20)7-8-39-38)14-52-35(27-26(22)34-33(50-15-51-34)17(2)30(27)42)29(41)28(40(21)3)25(19)31(43)32(16)48-6/h9,11-12,21-22,28-29,35-36,39,42-44H,7-8,10,13-15H2,1-6H3/t21-,22-,28-,29?,35+,36-,38+/m0/s1. The Kier molecular flexibility index (Phi) is 7.76. The highest BCUT2D eigenvalue weighted by atomic mass is 32.2. The molecule has 4 bridgehead atoms. The minimum absolute atomic E-state index is 0.0220. The quantitative estimate of drug-likeness (QED) is 0.291. The average Bonchev–Trinajstić information content (AvgIpc) is 3.63. The number of aromatic hydroxyl groups is 2. The summed E-state index contributed by atoms with van der Waals surface area (Å²) in [5.41, 5.74) is 4.76. The zero-order valence-corrected chi connectivity index (χ0v) is 30.8. The number of ether oxygens (including phenoxy) is 6. The first-order valence-electron chi connectivity index (χ1n) is 17.6. The maximum absolute atomic E-state index is 14.7. The van der Waals surface area contributed by atoms with E-state index in [4.69, 9.17) is 28.4 Å². The van der Waals surface area contributed by atoms with Gasteiger partial charge in [-0.15, -0.1) is 11.8 Å². The largest absolute Gasteiger partial charge is 0.507 e. The van der Waals surface area contributed by atoms with E-state index in [0.29, 0.717) is 64.8 Å². The number of aryl methyl sites for hydroxylation is 1. The summed E-state index contributed by atoms with van der Waals surface area (Å²) >= 11 is 1.51. The highest BCUT2D eigenvalue weighted by Gasteiger charge is 2.61. The summed E-state index contributed by atoms with van der Waals surface area (Å²) in [6.45, 7) is 4.08. The van der Waals surface area contributed by atoms with Gasteiger partial charge in [-0.3, -0.25) is 15.1 Å². The van der Waals surface area contributed by atoms with Gasteiger partial charge in [0.1, 0.15) is 18.6 Å². The highest BCUT2D eigenvalue weighted by molar-refractivity contribution is 7.99. The van der Waals surface area contributed by atoms with Gasteiger partial charge in [-0.1, -0.05) is 6.07 Å². The maximum atomic E-state index is 14.7. The summed E-state index contributed by atoms with van der Waals surface area (Å²) < 4.78 is 35.5. The second kappa shape index (κ2) is 12.0. The SMILES string of the molecule is COc1cc2c(cc1OC)[C@@]1(CS[C@@H]3c4c(O)c(C)c5c(c4[C@H](COC1=O)N1C3[C@@H]3c4c(cc(C)c(OC)c4O)C[C@@H]([C@@H]1O)N3C)OCO5)NCC2. The topological polar surface area (TPSA) is 152 Å². The van der Waals surface area contributed by atoms with Crippen LogP contribution in [0.4, 0.5) is 0 Å². The molecule has 0 radical (unpaired) electrons. The Morgan fingerprint density at radius 1 is 0.942 bits per heavy atom. The van der Waals surface area contributed by atoms with Crippen molar-refractivity contribution in [2.24, 2.45) is 0 Å². The van der Waals surface area contributed by atoms with Crippen molar-refractivity contribution in [1.29, 1.82) is 0 Å². The predicted octanol–water partition coefficient (Wildman–Crippen LogP) is 3.50. The minimum Gasteiger partial charge on any atom is -0.507 e. The Morgan fingerprint density at radius 2 is 1.69 bits per heavy atom. The van der Waals surface area contributed by atoms with Gasteiger partial charge < -0.3 is 43.7 Å². The molecule has 7 atom stereocenters. The number of methoxy groups -OCH3 is 3. The van der Waals surface area contributed by atoms with Gasteiger partial charge in [-0.2, -0.15) is 0 Å².